The second-order valence-corrected chi connectivity index (χ2v) is 4.85. The maximum Gasteiger partial charge on any atom is 0.274 e. The zero-order valence-electron chi connectivity index (χ0n) is 9.84. The first-order valence-corrected chi connectivity index (χ1v) is 6.31. The van der Waals surface area contributed by atoms with Crippen molar-refractivity contribution in [3.63, 3.8) is 0 Å². The number of nitro benzene ring substituents is 1. The van der Waals surface area contributed by atoms with Gasteiger partial charge in [0.05, 0.1) is 4.92 Å². The fourth-order valence-corrected chi connectivity index (χ4v) is 2.10. The van der Waals surface area contributed by atoms with Crippen molar-refractivity contribution in [2.24, 2.45) is 0 Å². The van der Waals surface area contributed by atoms with Gasteiger partial charge < -0.3 is 10.4 Å². The van der Waals surface area contributed by atoms with Crippen molar-refractivity contribution < 1.29 is 10.0 Å². The lowest BCUT2D eigenvalue weighted by Crippen LogP contribution is -2.03. The highest BCUT2D eigenvalue weighted by atomic mass is 79.9. The summed E-state index contributed by atoms with van der Waals surface area (Å²) in [6.07, 6.45) is 0. The molecule has 0 spiro atoms. The van der Waals surface area contributed by atoms with Crippen LogP contribution in [-0.2, 0) is 6.54 Å². The second kappa shape index (κ2) is 5.71. The Bertz CT molecular complexity index is 617. The molecule has 0 unspecified atom stereocenters. The maximum atomic E-state index is 10.9. The van der Waals surface area contributed by atoms with Crippen molar-refractivity contribution in [1.82, 2.24) is 0 Å². The van der Waals surface area contributed by atoms with E-state index in [0.717, 1.165) is 4.47 Å². The summed E-state index contributed by atoms with van der Waals surface area (Å²) >= 11 is 3.29. The summed E-state index contributed by atoms with van der Waals surface area (Å²) in [5.41, 5.74) is 1.34. The summed E-state index contributed by atoms with van der Waals surface area (Å²) < 4.78 is 0.783. The minimum absolute atomic E-state index is 0.0656. The van der Waals surface area contributed by atoms with Gasteiger partial charge in [0.1, 0.15) is 5.75 Å². The predicted molar refractivity (Wildman–Crippen MR) is 76.2 cm³/mol. The molecule has 0 aliphatic rings. The van der Waals surface area contributed by atoms with Crippen LogP contribution in [0.4, 0.5) is 11.4 Å². The number of phenols is 1. The van der Waals surface area contributed by atoms with Gasteiger partial charge in [-0.25, -0.2) is 0 Å². The smallest absolute Gasteiger partial charge is 0.274 e. The highest BCUT2D eigenvalue weighted by molar-refractivity contribution is 9.10. The molecular weight excluding hydrogens is 312 g/mol. The Labute approximate surface area is 118 Å². The average Bonchev–Trinajstić information content (AvgIpc) is 2.36. The third-order valence-corrected chi connectivity index (χ3v) is 3.06. The number of halogens is 1. The Kier molecular flexibility index (Phi) is 4.01. The highest BCUT2D eigenvalue weighted by Crippen LogP contribution is 2.24. The van der Waals surface area contributed by atoms with Crippen LogP contribution in [0, 0.1) is 10.1 Å². The largest absolute Gasteiger partial charge is 0.508 e. The standard InChI is InChI=1S/C13H11BrN2O3/c14-10-4-5-13(16(18)19)9(6-10)8-15-11-2-1-3-12(17)7-11/h1-7,15,17H,8H2. The van der Waals surface area contributed by atoms with E-state index in [4.69, 9.17) is 0 Å². The summed E-state index contributed by atoms with van der Waals surface area (Å²) in [6, 6.07) is 11.4. The maximum absolute atomic E-state index is 10.9. The normalized spacial score (nSPS) is 10.2. The molecule has 0 heterocycles. The lowest BCUT2D eigenvalue weighted by molar-refractivity contribution is -0.385. The minimum atomic E-state index is -0.411. The molecule has 0 aliphatic carbocycles. The summed E-state index contributed by atoms with van der Waals surface area (Å²) in [5.74, 6) is 0.147. The molecule has 0 fully saturated rings. The van der Waals surface area contributed by atoms with Gasteiger partial charge in [0.2, 0.25) is 0 Å². The van der Waals surface area contributed by atoms with E-state index >= 15 is 0 Å². The van der Waals surface area contributed by atoms with Gasteiger partial charge in [-0.3, -0.25) is 10.1 Å². The Balaban J connectivity index is 2.19. The Morgan fingerprint density at radius 3 is 2.74 bits per heavy atom. The van der Waals surface area contributed by atoms with Crippen LogP contribution in [-0.4, -0.2) is 10.0 Å². The van der Waals surface area contributed by atoms with Gasteiger partial charge in [0, 0.05) is 34.4 Å². The zero-order valence-corrected chi connectivity index (χ0v) is 11.4. The summed E-state index contributed by atoms with van der Waals surface area (Å²) in [4.78, 5) is 10.5. The van der Waals surface area contributed by atoms with E-state index in [0.29, 0.717) is 17.8 Å². The van der Waals surface area contributed by atoms with Crippen molar-refractivity contribution >= 4 is 27.3 Å². The van der Waals surface area contributed by atoms with E-state index in [1.165, 1.54) is 6.07 Å². The molecule has 2 aromatic rings. The van der Waals surface area contributed by atoms with Crippen molar-refractivity contribution in [1.29, 1.82) is 0 Å². The van der Waals surface area contributed by atoms with E-state index in [1.807, 2.05) is 0 Å². The zero-order chi connectivity index (χ0) is 13.8. The number of hydrogen-bond donors (Lipinski definition) is 2. The molecule has 0 saturated carbocycles. The molecule has 6 heteroatoms. The molecular formula is C13H11BrN2O3. The molecule has 5 nitrogen and oxygen atoms in total. The highest BCUT2D eigenvalue weighted by Gasteiger charge is 2.13. The van der Waals surface area contributed by atoms with Crippen LogP contribution in [0.15, 0.2) is 46.9 Å². The van der Waals surface area contributed by atoms with E-state index in [2.05, 4.69) is 21.2 Å². The van der Waals surface area contributed by atoms with E-state index in [9.17, 15) is 15.2 Å². The quantitative estimate of drug-likeness (QED) is 0.665. The van der Waals surface area contributed by atoms with Gasteiger partial charge in [-0.1, -0.05) is 22.0 Å². The first kappa shape index (κ1) is 13.4. The molecule has 98 valence electrons. The number of phenolic OH excluding ortho intramolecular Hbond substituents is 1. The van der Waals surface area contributed by atoms with Gasteiger partial charge in [-0.15, -0.1) is 0 Å². The first-order valence-electron chi connectivity index (χ1n) is 5.52. The van der Waals surface area contributed by atoms with Crippen molar-refractivity contribution in [3.8, 4) is 5.75 Å². The van der Waals surface area contributed by atoms with Crippen LogP contribution >= 0.6 is 15.9 Å². The summed E-state index contributed by atoms with van der Waals surface area (Å²) in [7, 11) is 0. The molecule has 0 amide bonds. The number of nitrogens with zero attached hydrogens (tertiary/aromatic N) is 1. The number of aromatic hydroxyl groups is 1. The van der Waals surface area contributed by atoms with Crippen molar-refractivity contribution in [2.75, 3.05) is 5.32 Å². The lowest BCUT2D eigenvalue weighted by atomic mass is 10.1. The summed E-state index contributed by atoms with van der Waals surface area (Å²) in [5, 5.41) is 23.3. The fourth-order valence-electron chi connectivity index (χ4n) is 1.69. The number of anilines is 1. The van der Waals surface area contributed by atoms with Crippen LogP contribution in [0.5, 0.6) is 5.75 Å². The van der Waals surface area contributed by atoms with Crippen LogP contribution < -0.4 is 5.32 Å². The Hall–Kier alpha value is -2.08. The number of rotatable bonds is 4. The topological polar surface area (TPSA) is 75.4 Å². The van der Waals surface area contributed by atoms with E-state index in [1.54, 1.807) is 36.4 Å². The van der Waals surface area contributed by atoms with Crippen LogP contribution in [0.3, 0.4) is 0 Å². The molecule has 0 aliphatic heterocycles. The van der Waals surface area contributed by atoms with Gasteiger partial charge >= 0.3 is 0 Å². The van der Waals surface area contributed by atoms with Crippen molar-refractivity contribution in [2.45, 2.75) is 6.54 Å². The van der Waals surface area contributed by atoms with Gasteiger partial charge in [-0.2, -0.15) is 0 Å². The number of hydrogen-bond acceptors (Lipinski definition) is 4. The lowest BCUT2D eigenvalue weighted by Gasteiger charge is -2.08. The predicted octanol–water partition coefficient (Wildman–Crippen LogP) is 3.68. The molecule has 0 radical (unpaired) electrons. The minimum Gasteiger partial charge on any atom is -0.508 e. The molecule has 0 bridgehead atoms. The molecule has 2 rings (SSSR count). The SMILES string of the molecule is O=[N+]([O-])c1ccc(Br)cc1CNc1cccc(O)c1. The molecule has 2 N–H and O–H groups in total. The number of nitrogens with one attached hydrogen (secondary N) is 1. The Morgan fingerprint density at radius 2 is 2.05 bits per heavy atom. The molecule has 0 saturated heterocycles. The molecule has 0 aromatic heterocycles. The molecule has 19 heavy (non-hydrogen) atoms. The average molecular weight is 323 g/mol. The molecule has 0 atom stereocenters. The van der Waals surface area contributed by atoms with Gasteiger partial charge in [0.25, 0.3) is 5.69 Å². The van der Waals surface area contributed by atoms with Crippen LogP contribution in [0.2, 0.25) is 0 Å². The third kappa shape index (κ3) is 3.45. The first-order chi connectivity index (χ1) is 9.06. The number of nitro groups is 1. The van der Waals surface area contributed by atoms with Gasteiger partial charge in [-0.05, 0) is 24.3 Å². The van der Waals surface area contributed by atoms with E-state index in [-0.39, 0.29) is 11.4 Å². The number of benzene rings is 2. The van der Waals surface area contributed by atoms with E-state index < -0.39 is 4.92 Å². The Morgan fingerprint density at radius 1 is 1.26 bits per heavy atom. The molecule has 2 aromatic carbocycles. The van der Waals surface area contributed by atoms with Gasteiger partial charge in [0.15, 0.2) is 0 Å². The summed E-state index contributed by atoms with van der Waals surface area (Å²) in [6.45, 7) is 0.305. The third-order valence-electron chi connectivity index (χ3n) is 2.57. The second-order valence-electron chi connectivity index (χ2n) is 3.93. The van der Waals surface area contributed by atoms with Crippen LogP contribution in [0.25, 0.3) is 0 Å². The monoisotopic (exact) mass is 322 g/mol. The van der Waals surface area contributed by atoms with Crippen LogP contribution in [0.1, 0.15) is 5.56 Å². The van der Waals surface area contributed by atoms with Crippen molar-refractivity contribution in [3.05, 3.63) is 62.6 Å². The fraction of sp³-hybridized carbons (Fsp3) is 0.0769.